The summed E-state index contributed by atoms with van der Waals surface area (Å²) in [6.45, 7) is -2.65. The minimum absolute atomic E-state index is 0.137. The van der Waals surface area contributed by atoms with Crippen LogP contribution in [0, 0.1) is 0 Å². The van der Waals surface area contributed by atoms with Gasteiger partial charge in [0.05, 0.1) is 19.8 Å². The van der Waals surface area contributed by atoms with Crippen molar-refractivity contribution in [2.45, 2.75) is 53.1 Å². The van der Waals surface area contributed by atoms with E-state index in [1.165, 1.54) is 0 Å². The SMILES string of the molecule is O=S(=O)(NCCOCC1CO1)C(F)(F)C(F)(F)C(F)(F)C(F)(F)C(F)(F)C(F)(F)C(F)(F)C(F)(F)F. The molecule has 1 unspecified atom stereocenters. The van der Waals surface area contributed by atoms with E-state index in [-0.39, 0.29) is 13.2 Å². The van der Waals surface area contributed by atoms with Gasteiger partial charge in [0, 0.05) is 6.54 Å². The monoisotopic (exact) mass is 599 g/mol. The lowest BCUT2D eigenvalue weighted by atomic mass is 9.91. The van der Waals surface area contributed by atoms with Crippen molar-refractivity contribution in [2.24, 2.45) is 0 Å². The van der Waals surface area contributed by atoms with Gasteiger partial charge in [0.2, 0.25) is 0 Å². The zero-order valence-electron chi connectivity index (χ0n) is 16.4. The molecule has 216 valence electrons. The van der Waals surface area contributed by atoms with Crippen LogP contribution in [0.15, 0.2) is 0 Å². The van der Waals surface area contributed by atoms with Gasteiger partial charge in [-0.15, -0.1) is 0 Å². The van der Waals surface area contributed by atoms with Gasteiger partial charge in [-0.05, 0) is 0 Å². The highest BCUT2D eigenvalue weighted by atomic mass is 32.2. The van der Waals surface area contributed by atoms with E-state index >= 15 is 0 Å². The van der Waals surface area contributed by atoms with Gasteiger partial charge in [0.1, 0.15) is 6.10 Å². The van der Waals surface area contributed by atoms with E-state index in [4.69, 9.17) is 0 Å². The number of epoxide rings is 1. The Bertz CT molecular complexity index is 897. The largest absolute Gasteiger partial charge is 0.460 e. The number of ether oxygens (including phenoxy) is 2. The van der Waals surface area contributed by atoms with Gasteiger partial charge in [-0.2, -0.15) is 74.6 Å². The number of hydrogen-bond donors (Lipinski definition) is 1. The maximum Gasteiger partial charge on any atom is 0.460 e. The zero-order chi connectivity index (χ0) is 29.0. The molecule has 0 aliphatic carbocycles. The molecule has 1 heterocycles. The Hall–Kier alpha value is -1.36. The van der Waals surface area contributed by atoms with Crippen LogP contribution >= 0.6 is 0 Å². The van der Waals surface area contributed by atoms with Crippen molar-refractivity contribution in [3.8, 4) is 0 Å². The first-order valence-corrected chi connectivity index (χ1v) is 9.96. The molecule has 1 N–H and O–H groups in total. The summed E-state index contributed by atoms with van der Waals surface area (Å²) in [4.78, 5) is 0. The van der Waals surface area contributed by atoms with Crippen molar-refractivity contribution in [3.63, 3.8) is 0 Å². The van der Waals surface area contributed by atoms with E-state index in [0.29, 0.717) is 4.72 Å². The Morgan fingerprint density at radius 1 is 0.667 bits per heavy atom. The Labute approximate surface area is 187 Å². The van der Waals surface area contributed by atoms with E-state index in [2.05, 4.69) is 9.47 Å². The van der Waals surface area contributed by atoms with Gasteiger partial charge < -0.3 is 9.47 Å². The average Bonchev–Trinajstić information content (AvgIpc) is 3.50. The zero-order valence-corrected chi connectivity index (χ0v) is 17.2. The summed E-state index contributed by atoms with van der Waals surface area (Å²) in [5, 5.41) is -7.58. The molecule has 1 atom stereocenters. The highest BCUT2D eigenvalue weighted by Gasteiger charge is 2.96. The molecule has 0 spiro atoms. The average molecular weight is 599 g/mol. The predicted molar refractivity (Wildman–Crippen MR) is 78.2 cm³/mol. The van der Waals surface area contributed by atoms with Crippen LogP contribution in [0.5, 0.6) is 0 Å². The third-order valence-corrected chi connectivity index (χ3v) is 5.79. The number of halogens is 17. The second kappa shape index (κ2) is 9.13. The lowest BCUT2D eigenvalue weighted by molar-refractivity contribution is -0.458. The fourth-order valence-electron chi connectivity index (χ4n) is 2.04. The quantitative estimate of drug-likeness (QED) is 0.195. The smallest absolute Gasteiger partial charge is 0.377 e. The molecule has 0 aromatic carbocycles. The Balaban J connectivity index is 3.37. The van der Waals surface area contributed by atoms with Gasteiger partial charge in [-0.3, -0.25) is 0 Å². The maximum absolute atomic E-state index is 13.7. The Morgan fingerprint density at radius 3 is 1.39 bits per heavy atom. The van der Waals surface area contributed by atoms with Gasteiger partial charge in [0.15, 0.2) is 0 Å². The summed E-state index contributed by atoms with van der Waals surface area (Å²) in [6, 6.07) is 0. The minimum atomic E-state index is -8.85. The van der Waals surface area contributed by atoms with Crippen LogP contribution in [0.4, 0.5) is 74.6 Å². The Kier molecular flexibility index (Phi) is 8.29. The third kappa shape index (κ3) is 4.78. The van der Waals surface area contributed by atoms with Crippen molar-refractivity contribution >= 4 is 10.0 Å². The molecule has 0 saturated carbocycles. The van der Waals surface area contributed by atoms with Gasteiger partial charge in [-0.25, -0.2) is 13.1 Å². The molecule has 1 rings (SSSR count). The van der Waals surface area contributed by atoms with Crippen molar-refractivity contribution < 1.29 is 92.5 Å². The van der Waals surface area contributed by atoms with E-state index in [0.717, 1.165) is 0 Å². The molecule has 0 bridgehead atoms. The number of rotatable bonds is 13. The second-order valence-electron chi connectivity index (χ2n) is 6.89. The van der Waals surface area contributed by atoms with Crippen molar-refractivity contribution in [2.75, 3.05) is 26.4 Å². The summed E-state index contributed by atoms with van der Waals surface area (Å²) >= 11 is 0. The minimum Gasteiger partial charge on any atom is -0.377 e. The van der Waals surface area contributed by atoms with Crippen molar-refractivity contribution in [3.05, 3.63) is 0 Å². The molecular weight excluding hydrogens is 589 g/mol. The van der Waals surface area contributed by atoms with E-state index in [1.807, 2.05) is 0 Å². The molecule has 0 radical (unpaired) electrons. The molecule has 23 heteroatoms. The first-order chi connectivity index (χ1) is 15.6. The van der Waals surface area contributed by atoms with Crippen LogP contribution in [0.3, 0.4) is 0 Å². The van der Waals surface area contributed by atoms with E-state index < -0.39 is 76.2 Å². The van der Waals surface area contributed by atoms with Gasteiger partial charge in [-0.1, -0.05) is 0 Å². The van der Waals surface area contributed by atoms with Crippen LogP contribution in [-0.2, 0) is 19.5 Å². The van der Waals surface area contributed by atoms with E-state index in [9.17, 15) is 83.1 Å². The third-order valence-electron chi connectivity index (χ3n) is 4.28. The van der Waals surface area contributed by atoms with Gasteiger partial charge in [0.25, 0.3) is 10.0 Å². The van der Waals surface area contributed by atoms with Crippen LogP contribution in [0.25, 0.3) is 0 Å². The number of hydrogen-bond acceptors (Lipinski definition) is 4. The summed E-state index contributed by atoms with van der Waals surface area (Å²) < 4.78 is 255. The fraction of sp³-hybridized carbons (Fsp3) is 1.00. The lowest BCUT2D eigenvalue weighted by Gasteiger charge is -2.42. The molecule has 0 aromatic rings. The maximum atomic E-state index is 13.7. The molecule has 0 amide bonds. The molecule has 1 saturated heterocycles. The molecule has 0 aromatic heterocycles. The molecule has 1 aliphatic heterocycles. The number of alkyl halides is 17. The van der Waals surface area contributed by atoms with E-state index in [1.54, 1.807) is 0 Å². The van der Waals surface area contributed by atoms with Crippen molar-refractivity contribution in [1.29, 1.82) is 0 Å². The normalized spacial score (nSPS) is 19.5. The van der Waals surface area contributed by atoms with Crippen LogP contribution < -0.4 is 4.72 Å². The molecular formula is C13H10F17NO4S. The summed E-state index contributed by atoms with van der Waals surface area (Å²) in [5.74, 6) is -51.7. The van der Waals surface area contributed by atoms with Gasteiger partial charge >= 0.3 is 47.0 Å². The van der Waals surface area contributed by atoms with Crippen molar-refractivity contribution in [1.82, 2.24) is 4.72 Å². The topological polar surface area (TPSA) is 67.9 Å². The predicted octanol–water partition coefficient (Wildman–Crippen LogP) is 4.29. The molecule has 5 nitrogen and oxygen atoms in total. The van der Waals surface area contributed by atoms with Crippen LogP contribution in [-0.4, -0.2) is 87.9 Å². The fourth-order valence-corrected chi connectivity index (χ4v) is 3.04. The summed E-state index contributed by atoms with van der Waals surface area (Å²) in [7, 11) is -7.30. The summed E-state index contributed by atoms with van der Waals surface area (Å²) in [5.41, 5.74) is 0. The Morgan fingerprint density at radius 2 is 1.03 bits per heavy atom. The first kappa shape index (κ1) is 32.7. The second-order valence-corrected chi connectivity index (χ2v) is 8.70. The number of sulfonamides is 1. The molecule has 36 heavy (non-hydrogen) atoms. The molecule has 1 aliphatic rings. The highest BCUT2D eigenvalue weighted by Crippen LogP contribution is 2.64. The molecule has 1 fully saturated rings. The highest BCUT2D eigenvalue weighted by molar-refractivity contribution is 7.90. The number of nitrogens with one attached hydrogen (secondary N) is 1. The standard InChI is InChI=1S/C13H10F17NO4S/c14-6(15,8(18,19)10(22,23)12(26,27)28)7(16,17)9(20,21)11(24,25)13(29,30)36(32,33)31-1-2-34-3-5-4-35-5/h5,31H,1-4H2. The van der Waals surface area contributed by atoms with Crippen LogP contribution in [0.2, 0.25) is 0 Å². The summed E-state index contributed by atoms with van der Waals surface area (Å²) in [6.07, 6.45) is -8.41. The van der Waals surface area contributed by atoms with Crippen LogP contribution in [0.1, 0.15) is 0 Å². The first-order valence-electron chi connectivity index (χ1n) is 8.48. The lowest BCUT2D eigenvalue weighted by Crippen LogP contribution is -2.75.